The van der Waals surface area contributed by atoms with E-state index in [2.05, 4.69) is 0 Å². The number of rotatable bonds is 3. The fourth-order valence-corrected chi connectivity index (χ4v) is 1.96. The van der Waals surface area contributed by atoms with Crippen LogP contribution in [0.25, 0.3) is 0 Å². The summed E-state index contributed by atoms with van der Waals surface area (Å²) in [5.74, 6) is 0.359. The predicted molar refractivity (Wildman–Crippen MR) is 41.6 cm³/mol. The summed E-state index contributed by atoms with van der Waals surface area (Å²) in [5.41, 5.74) is 11.2. The Kier molecular flexibility index (Phi) is 1.27. The van der Waals surface area contributed by atoms with Crippen LogP contribution in [0.4, 0.5) is 0 Å². The predicted octanol–water partition coefficient (Wildman–Crippen LogP) is -0.0108. The summed E-state index contributed by atoms with van der Waals surface area (Å²) in [6.45, 7) is 0. The summed E-state index contributed by atoms with van der Waals surface area (Å²) in [4.78, 5) is 10.6. The maximum Gasteiger partial charge on any atom is 0.234 e. The molecule has 3 heteroatoms. The van der Waals surface area contributed by atoms with Crippen LogP contribution in [0.2, 0.25) is 0 Å². The summed E-state index contributed by atoms with van der Waals surface area (Å²) >= 11 is 0. The molecule has 2 saturated carbocycles. The fraction of sp³-hybridized carbons (Fsp3) is 0.875. The van der Waals surface area contributed by atoms with E-state index in [1.165, 1.54) is 19.3 Å². The minimum atomic E-state index is -0.403. The maximum absolute atomic E-state index is 10.6. The summed E-state index contributed by atoms with van der Waals surface area (Å²) in [6.07, 6.45) is 4.80. The topological polar surface area (TPSA) is 69.1 Å². The zero-order chi connectivity index (χ0) is 8.06. The molecule has 0 aromatic rings. The molecule has 4 N–H and O–H groups in total. The van der Waals surface area contributed by atoms with Gasteiger partial charge in [0.2, 0.25) is 5.91 Å². The molecule has 62 valence electrons. The highest BCUT2D eigenvalue weighted by Gasteiger charge is 2.62. The molecule has 2 aliphatic carbocycles. The van der Waals surface area contributed by atoms with Gasteiger partial charge < -0.3 is 11.5 Å². The molecular formula is C8H14N2O. The minimum Gasteiger partial charge on any atom is -0.368 e. The lowest BCUT2D eigenvalue weighted by Crippen LogP contribution is -2.36. The second kappa shape index (κ2) is 1.97. The van der Waals surface area contributed by atoms with Gasteiger partial charge in [0.15, 0.2) is 0 Å². The van der Waals surface area contributed by atoms with Crippen molar-refractivity contribution in [1.29, 1.82) is 0 Å². The van der Waals surface area contributed by atoms with Crippen LogP contribution in [0.5, 0.6) is 0 Å². The van der Waals surface area contributed by atoms with Gasteiger partial charge in [-0.15, -0.1) is 0 Å². The Morgan fingerprint density at radius 1 is 1.64 bits per heavy atom. The van der Waals surface area contributed by atoms with Gasteiger partial charge in [-0.1, -0.05) is 0 Å². The van der Waals surface area contributed by atoms with Gasteiger partial charge in [0.25, 0.3) is 0 Å². The Hall–Kier alpha value is -0.570. The van der Waals surface area contributed by atoms with Crippen LogP contribution in [0.1, 0.15) is 25.7 Å². The second-order valence-electron chi connectivity index (χ2n) is 4.01. The highest BCUT2D eigenvalue weighted by Crippen LogP contribution is 2.71. The Balaban J connectivity index is 1.78. The Labute approximate surface area is 66.1 Å². The number of nitrogens with two attached hydrogens (primary N) is 2. The lowest BCUT2D eigenvalue weighted by molar-refractivity contribution is -0.119. The van der Waals surface area contributed by atoms with Crippen molar-refractivity contribution in [2.24, 2.45) is 22.8 Å². The molecule has 2 aliphatic rings. The molecule has 0 bridgehead atoms. The molecule has 0 saturated heterocycles. The van der Waals surface area contributed by atoms with Gasteiger partial charge in [-0.3, -0.25) is 4.79 Å². The first-order valence-corrected chi connectivity index (χ1v) is 4.19. The van der Waals surface area contributed by atoms with E-state index in [1.807, 2.05) is 0 Å². The number of carbonyl (C=O) groups excluding carboxylic acids is 1. The van der Waals surface area contributed by atoms with E-state index in [9.17, 15) is 4.79 Å². The highest BCUT2D eigenvalue weighted by molar-refractivity contribution is 5.79. The Bertz CT molecular complexity index is 198. The first-order chi connectivity index (χ1) is 5.14. The molecule has 1 spiro atoms. The van der Waals surface area contributed by atoms with Gasteiger partial charge in [0.1, 0.15) is 0 Å². The standard InChI is InChI=1S/C8H14N2O/c9-6(7(10)11)3-5-4-8(5)1-2-8/h5-6H,1-4,9H2,(H2,10,11). The Morgan fingerprint density at radius 3 is 2.64 bits per heavy atom. The van der Waals surface area contributed by atoms with Crippen LogP contribution < -0.4 is 11.5 Å². The molecule has 0 radical (unpaired) electrons. The van der Waals surface area contributed by atoms with Crippen LogP contribution in [0, 0.1) is 11.3 Å². The van der Waals surface area contributed by atoms with E-state index >= 15 is 0 Å². The average molecular weight is 154 g/mol. The quantitative estimate of drug-likeness (QED) is 0.600. The van der Waals surface area contributed by atoms with Crippen molar-refractivity contribution in [3.8, 4) is 0 Å². The van der Waals surface area contributed by atoms with Crippen LogP contribution in [-0.2, 0) is 4.79 Å². The molecule has 2 rings (SSSR count). The number of hydrogen-bond donors (Lipinski definition) is 2. The van der Waals surface area contributed by atoms with E-state index in [0.717, 1.165) is 6.42 Å². The third kappa shape index (κ3) is 1.13. The summed E-state index contributed by atoms with van der Waals surface area (Å²) in [5, 5.41) is 0. The van der Waals surface area contributed by atoms with Crippen LogP contribution >= 0.6 is 0 Å². The zero-order valence-corrected chi connectivity index (χ0v) is 6.55. The molecule has 1 amide bonds. The summed E-state index contributed by atoms with van der Waals surface area (Å²) in [6, 6.07) is -0.403. The molecule has 0 aromatic carbocycles. The van der Waals surface area contributed by atoms with E-state index in [1.54, 1.807) is 0 Å². The fourth-order valence-electron chi connectivity index (χ4n) is 1.96. The molecule has 0 heterocycles. The smallest absolute Gasteiger partial charge is 0.234 e. The third-order valence-corrected chi connectivity index (χ3v) is 3.15. The minimum absolute atomic E-state index is 0.354. The zero-order valence-electron chi connectivity index (χ0n) is 6.55. The van der Waals surface area contributed by atoms with Crippen molar-refractivity contribution in [3.05, 3.63) is 0 Å². The molecular weight excluding hydrogens is 140 g/mol. The molecule has 0 aromatic heterocycles. The lowest BCUT2D eigenvalue weighted by atomic mass is 10.1. The van der Waals surface area contributed by atoms with Crippen LogP contribution in [0.3, 0.4) is 0 Å². The van der Waals surface area contributed by atoms with Gasteiger partial charge in [-0.05, 0) is 37.0 Å². The van der Waals surface area contributed by atoms with E-state index in [0.29, 0.717) is 11.3 Å². The molecule has 2 unspecified atom stereocenters. The second-order valence-corrected chi connectivity index (χ2v) is 4.01. The number of hydrogen-bond acceptors (Lipinski definition) is 2. The molecule has 11 heavy (non-hydrogen) atoms. The number of amides is 1. The molecule has 2 fully saturated rings. The van der Waals surface area contributed by atoms with Gasteiger partial charge in [-0.25, -0.2) is 0 Å². The lowest BCUT2D eigenvalue weighted by Gasteiger charge is -2.04. The van der Waals surface area contributed by atoms with Crippen LogP contribution in [-0.4, -0.2) is 11.9 Å². The first-order valence-electron chi connectivity index (χ1n) is 4.19. The molecule has 3 nitrogen and oxygen atoms in total. The van der Waals surface area contributed by atoms with Crippen molar-refractivity contribution >= 4 is 5.91 Å². The molecule has 0 aliphatic heterocycles. The van der Waals surface area contributed by atoms with Crippen molar-refractivity contribution in [3.63, 3.8) is 0 Å². The van der Waals surface area contributed by atoms with Gasteiger partial charge in [0, 0.05) is 0 Å². The maximum atomic E-state index is 10.6. The van der Waals surface area contributed by atoms with Gasteiger partial charge in [-0.2, -0.15) is 0 Å². The van der Waals surface area contributed by atoms with Gasteiger partial charge in [0.05, 0.1) is 6.04 Å². The first kappa shape index (κ1) is 7.10. The van der Waals surface area contributed by atoms with Crippen molar-refractivity contribution < 1.29 is 4.79 Å². The number of carbonyl (C=O) groups is 1. The largest absolute Gasteiger partial charge is 0.368 e. The van der Waals surface area contributed by atoms with Crippen molar-refractivity contribution in [2.75, 3.05) is 0 Å². The average Bonchev–Trinajstić information content (AvgIpc) is 2.78. The summed E-state index contributed by atoms with van der Waals surface area (Å²) < 4.78 is 0. The number of primary amides is 1. The Morgan fingerprint density at radius 2 is 2.27 bits per heavy atom. The highest BCUT2D eigenvalue weighted by atomic mass is 16.1. The third-order valence-electron chi connectivity index (χ3n) is 3.15. The SMILES string of the molecule is NC(=O)C(N)CC1CC12CC2. The monoisotopic (exact) mass is 154 g/mol. The van der Waals surface area contributed by atoms with E-state index < -0.39 is 6.04 Å². The normalized spacial score (nSPS) is 33.4. The molecule has 2 atom stereocenters. The van der Waals surface area contributed by atoms with E-state index in [-0.39, 0.29) is 5.91 Å². The van der Waals surface area contributed by atoms with Gasteiger partial charge >= 0.3 is 0 Å². The van der Waals surface area contributed by atoms with E-state index in [4.69, 9.17) is 11.5 Å². The van der Waals surface area contributed by atoms with Crippen molar-refractivity contribution in [2.45, 2.75) is 31.7 Å². The summed E-state index contributed by atoms with van der Waals surface area (Å²) in [7, 11) is 0. The van der Waals surface area contributed by atoms with Crippen LogP contribution in [0.15, 0.2) is 0 Å². The van der Waals surface area contributed by atoms with Crippen molar-refractivity contribution in [1.82, 2.24) is 0 Å².